The van der Waals surface area contributed by atoms with Gasteiger partial charge in [0.1, 0.15) is 5.82 Å². The number of amides is 1. The fourth-order valence-corrected chi connectivity index (χ4v) is 5.47. The van der Waals surface area contributed by atoms with Gasteiger partial charge in [0.2, 0.25) is 0 Å². The van der Waals surface area contributed by atoms with Crippen molar-refractivity contribution in [3.8, 4) is 0 Å². The van der Waals surface area contributed by atoms with Gasteiger partial charge in [-0.15, -0.1) is 0 Å². The van der Waals surface area contributed by atoms with Crippen LogP contribution in [0.1, 0.15) is 24.7 Å². The van der Waals surface area contributed by atoms with Crippen molar-refractivity contribution in [1.82, 2.24) is 29.1 Å². The first-order valence-corrected chi connectivity index (χ1v) is 12.6. The molecule has 0 radical (unpaired) electrons. The van der Waals surface area contributed by atoms with Gasteiger partial charge in [0, 0.05) is 82.8 Å². The normalized spacial score (nSPS) is 19.4. The van der Waals surface area contributed by atoms with Crippen LogP contribution < -0.4 is 4.90 Å². The Hall–Kier alpha value is -2.95. The second kappa shape index (κ2) is 10.3. The van der Waals surface area contributed by atoms with Gasteiger partial charge in [-0.2, -0.15) is 5.10 Å². The second-order valence-electron chi connectivity index (χ2n) is 9.58. The standard InChI is InChI=1S/C25H35N7O3/c1-19-3-4-20-21(32(19)25(34)35)5-6-22-24(20)27-23(7-10-30-9-2-8-26-30)31(22)16-15-28-11-13-29(14-12-28)17-18-33/h2,5-6,8-9,19,33H,3-4,7,10-18H2,1H3,(H,34,35). The molecule has 0 aliphatic carbocycles. The first-order chi connectivity index (χ1) is 17.0. The number of carbonyl (C=O) groups is 1. The highest BCUT2D eigenvalue weighted by Gasteiger charge is 2.30. The second-order valence-corrected chi connectivity index (χ2v) is 9.58. The van der Waals surface area contributed by atoms with Crippen LogP contribution in [-0.2, 0) is 25.9 Å². The third kappa shape index (κ3) is 4.91. The average Bonchev–Trinajstić information content (AvgIpc) is 3.49. The van der Waals surface area contributed by atoms with Crippen LogP contribution in [0.4, 0.5) is 10.5 Å². The minimum Gasteiger partial charge on any atom is -0.465 e. The molecule has 1 fully saturated rings. The van der Waals surface area contributed by atoms with Crippen LogP contribution in [0.2, 0.25) is 0 Å². The summed E-state index contributed by atoms with van der Waals surface area (Å²) >= 11 is 0. The predicted molar refractivity (Wildman–Crippen MR) is 134 cm³/mol. The van der Waals surface area contributed by atoms with Gasteiger partial charge in [0.25, 0.3) is 0 Å². The average molecular weight is 482 g/mol. The monoisotopic (exact) mass is 481 g/mol. The minimum atomic E-state index is -0.906. The molecule has 1 atom stereocenters. The first kappa shape index (κ1) is 23.8. The SMILES string of the molecule is CC1CCc2c(ccc3c2nc(CCn2cccn2)n3CCN2CCN(CCO)CC2)N1C(=O)O. The molecule has 0 saturated carbocycles. The van der Waals surface area contributed by atoms with Gasteiger partial charge in [-0.1, -0.05) is 0 Å². The third-order valence-electron chi connectivity index (χ3n) is 7.44. The van der Waals surface area contributed by atoms with Crippen molar-refractivity contribution in [2.45, 2.75) is 45.3 Å². The van der Waals surface area contributed by atoms with E-state index in [2.05, 4.69) is 19.5 Å². The third-order valence-corrected chi connectivity index (χ3v) is 7.44. The molecule has 5 rings (SSSR count). The molecular formula is C25H35N7O3. The van der Waals surface area contributed by atoms with Crippen molar-refractivity contribution >= 4 is 22.8 Å². The van der Waals surface area contributed by atoms with Crippen LogP contribution >= 0.6 is 0 Å². The Morgan fingerprint density at radius 3 is 2.54 bits per heavy atom. The van der Waals surface area contributed by atoms with Crippen LogP contribution in [0.3, 0.4) is 0 Å². The zero-order valence-electron chi connectivity index (χ0n) is 20.4. The number of anilines is 1. The van der Waals surface area contributed by atoms with E-state index in [0.29, 0.717) is 0 Å². The lowest BCUT2D eigenvalue weighted by atomic mass is 9.96. The maximum Gasteiger partial charge on any atom is 0.412 e. The quantitative estimate of drug-likeness (QED) is 0.507. The summed E-state index contributed by atoms with van der Waals surface area (Å²) in [6, 6.07) is 5.90. The number of hydrogen-bond acceptors (Lipinski definition) is 6. The zero-order valence-corrected chi connectivity index (χ0v) is 20.4. The summed E-state index contributed by atoms with van der Waals surface area (Å²) in [7, 11) is 0. The smallest absolute Gasteiger partial charge is 0.412 e. The number of nitrogens with zero attached hydrogens (tertiary/aromatic N) is 7. The summed E-state index contributed by atoms with van der Waals surface area (Å²) in [5.74, 6) is 1.02. The van der Waals surface area contributed by atoms with Crippen LogP contribution in [0.15, 0.2) is 30.6 Å². The molecule has 1 amide bonds. The maximum atomic E-state index is 12.0. The Bertz CT molecular complexity index is 1150. The highest BCUT2D eigenvalue weighted by molar-refractivity contribution is 5.94. The lowest BCUT2D eigenvalue weighted by Crippen LogP contribution is -2.47. The van der Waals surface area contributed by atoms with Gasteiger partial charge in [-0.3, -0.25) is 19.4 Å². The number of aromatic nitrogens is 4. The number of piperazine rings is 1. The molecule has 10 nitrogen and oxygen atoms in total. The minimum absolute atomic E-state index is 0.0386. The number of carboxylic acid groups (broad SMARTS) is 1. The number of aryl methyl sites for hydroxylation is 3. The number of rotatable bonds is 8. The number of imidazole rings is 1. The van der Waals surface area contributed by atoms with E-state index in [-0.39, 0.29) is 12.6 Å². The molecule has 2 aliphatic heterocycles. The van der Waals surface area contributed by atoms with E-state index in [9.17, 15) is 15.0 Å². The topological polar surface area (TPSA) is 103 Å². The van der Waals surface area contributed by atoms with Gasteiger partial charge >= 0.3 is 6.09 Å². The van der Waals surface area contributed by atoms with Gasteiger partial charge in [-0.25, -0.2) is 9.78 Å². The molecule has 188 valence electrons. The lowest BCUT2D eigenvalue weighted by molar-refractivity contribution is 0.110. The van der Waals surface area contributed by atoms with Crippen LogP contribution in [-0.4, -0.2) is 97.4 Å². The van der Waals surface area contributed by atoms with E-state index in [1.54, 1.807) is 6.20 Å². The van der Waals surface area contributed by atoms with Crippen molar-refractivity contribution in [1.29, 1.82) is 0 Å². The Labute approximate surface area is 205 Å². The van der Waals surface area contributed by atoms with E-state index in [1.165, 1.54) is 4.90 Å². The van der Waals surface area contributed by atoms with Crippen LogP contribution in [0, 0.1) is 0 Å². The van der Waals surface area contributed by atoms with E-state index in [0.717, 1.165) is 99.7 Å². The Morgan fingerprint density at radius 1 is 1.09 bits per heavy atom. The Balaban J connectivity index is 1.42. The molecule has 1 unspecified atom stereocenters. The summed E-state index contributed by atoms with van der Waals surface area (Å²) in [5.41, 5.74) is 3.83. The largest absolute Gasteiger partial charge is 0.465 e. The van der Waals surface area contributed by atoms with Crippen molar-refractivity contribution in [2.75, 3.05) is 50.8 Å². The molecule has 1 saturated heterocycles. The predicted octanol–water partition coefficient (Wildman–Crippen LogP) is 1.90. The van der Waals surface area contributed by atoms with Crippen LogP contribution in [0.5, 0.6) is 0 Å². The fourth-order valence-electron chi connectivity index (χ4n) is 5.47. The molecular weight excluding hydrogens is 446 g/mol. The summed E-state index contributed by atoms with van der Waals surface area (Å²) in [5, 5.41) is 23.4. The molecule has 2 aromatic heterocycles. The number of aliphatic hydroxyl groups excluding tert-OH is 1. The highest BCUT2D eigenvalue weighted by atomic mass is 16.4. The van der Waals surface area contributed by atoms with Gasteiger partial charge in [-0.05, 0) is 38.0 Å². The van der Waals surface area contributed by atoms with E-state index >= 15 is 0 Å². The molecule has 4 heterocycles. The van der Waals surface area contributed by atoms with Crippen molar-refractivity contribution < 1.29 is 15.0 Å². The number of β-amino-alcohol motifs (C(OH)–C–C–N with tert-alkyl or cyclic N) is 1. The molecule has 35 heavy (non-hydrogen) atoms. The molecule has 2 N–H and O–H groups in total. The van der Waals surface area contributed by atoms with E-state index in [4.69, 9.17) is 4.98 Å². The van der Waals surface area contributed by atoms with E-state index in [1.807, 2.05) is 36.0 Å². The molecule has 10 heteroatoms. The highest BCUT2D eigenvalue weighted by Crippen LogP contribution is 2.36. The number of benzene rings is 1. The number of fused-ring (bicyclic) bond motifs is 3. The summed E-state index contributed by atoms with van der Waals surface area (Å²) < 4.78 is 4.25. The maximum absolute atomic E-state index is 12.0. The number of hydrogen-bond donors (Lipinski definition) is 2. The Kier molecular flexibility index (Phi) is 7.03. The zero-order chi connectivity index (χ0) is 24.4. The van der Waals surface area contributed by atoms with Crippen LogP contribution in [0.25, 0.3) is 11.0 Å². The summed E-state index contributed by atoms with van der Waals surface area (Å²) in [4.78, 5) is 23.3. The van der Waals surface area contributed by atoms with Gasteiger partial charge < -0.3 is 14.8 Å². The first-order valence-electron chi connectivity index (χ1n) is 12.6. The number of aliphatic hydroxyl groups is 1. The molecule has 0 bridgehead atoms. The molecule has 1 aromatic carbocycles. The van der Waals surface area contributed by atoms with Crippen molar-refractivity contribution in [3.63, 3.8) is 0 Å². The Morgan fingerprint density at radius 2 is 1.86 bits per heavy atom. The van der Waals surface area contributed by atoms with Gasteiger partial charge in [0.05, 0.1) is 23.3 Å². The lowest BCUT2D eigenvalue weighted by Gasteiger charge is -2.34. The molecule has 0 spiro atoms. The molecule has 3 aromatic rings. The fraction of sp³-hybridized carbons (Fsp3) is 0.560. The van der Waals surface area contributed by atoms with Crippen molar-refractivity contribution in [3.05, 3.63) is 42.0 Å². The van der Waals surface area contributed by atoms with Gasteiger partial charge in [0.15, 0.2) is 0 Å². The van der Waals surface area contributed by atoms with Crippen molar-refractivity contribution in [2.24, 2.45) is 0 Å². The van der Waals surface area contributed by atoms with E-state index < -0.39 is 6.09 Å². The molecule has 2 aliphatic rings. The summed E-state index contributed by atoms with van der Waals surface area (Å²) in [6.07, 6.45) is 5.24. The summed E-state index contributed by atoms with van der Waals surface area (Å²) in [6.45, 7) is 9.39.